The van der Waals surface area contributed by atoms with Crippen LogP contribution in [-0.2, 0) is 20.7 Å². The van der Waals surface area contributed by atoms with Gasteiger partial charge in [0, 0.05) is 16.6 Å². The molecule has 2 heterocycles. The molecule has 0 atom stereocenters. The number of thiazole rings is 1. The van der Waals surface area contributed by atoms with Crippen LogP contribution in [0.1, 0.15) is 5.69 Å². The largest absolute Gasteiger partial charge is 0.455 e. The normalized spacial score (nSPS) is 10.5. The van der Waals surface area contributed by atoms with Crippen LogP contribution in [0.25, 0.3) is 10.7 Å². The van der Waals surface area contributed by atoms with Crippen LogP contribution in [-0.4, -0.2) is 28.5 Å². The number of amides is 1. The van der Waals surface area contributed by atoms with E-state index in [2.05, 4.69) is 15.3 Å². The summed E-state index contributed by atoms with van der Waals surface area (Å²) in [4.78, 5) is 32.5. The first-order valence-electron chi connectivity index (χ1n) is 7.88. The number of carbonyl (C=O) groups is 2. The van der Waals surface area contributed by atoms with Gasteiger partial charge in [-0.1, -0.05) is 40.9 Å². The second kappa shape index (κ2) is 9.34. The summed E-state index contributed by atoms with van der Waals surface area (Å²) in [5.74, 6) is -1.16. The average Bonchev–Trinajstić information content (AvgIpc) is 3.12. The molecule has 10 heteroatoms. The molecule has 0 fully saturated rings. The molecule has 0 aliphatic heterocycles. The van der Waals surface area contributed by atoms with Crippen molar-refractivity contribution >= 4 is 63.7 Å². The number of aromatic nitrogens is 2. The molecule has 0 aliphatic rings. The Hall–Kier alpha value is -2.19. The number of nitrogens with one attached hydrogen (secondary N) is 1. The lowest BCUT2D eigenvalue weighted by Crippen LogP contribution is -2.22. The second-order valence-corrected chi connectivity index (χ2v) is 7.60. The van der Waals surface area contributed by atoms with Gasteiger partial charge >= 0.3 is 5.97 Å². The number of anilines is 1. The van der Waals surface area contributed by atoms with Crippen LogP contribution in [0.4, 0.5) is 5.69 Å². The van der Waals surface area contributed by atoms with Crippen LogP contribution in [0.2, 0.25) is 15.1 Å². The van der Waals surface area contributed by atoms with Gasteiger partial charge in [-0.25, -0.2) is 4.98 Å². The second-order valence-electron chi connectivity index (χ2n) is 5.49. The molecule has 2 aromatic heterocycles. The van der Waals surface area contributed by atoms with Crippen molar-refractivity contribution in [3.05, 3.63) is 62.7 Å². The van der Waals surface area contributed by atoms with Crippen LogP contribution < -0.4 is 5.32 Å². The van der Waals surface area contributed by atoms with E-state index in [9.17, 15) is 9.59 Å². The highest BCUT2D eigenvalue weighted by Gasteiger charge is 2.15. The Morgan fingerprint density at radius 2 is 1.89 bits per heavy atom. The number of rotatable bonds is 6. The fourth-order valence-electron chi connectivity index (χ4n) is 2.18. The summed E-state index contributed by atoms with van der Waals surface area (Å²) in [7, 11) is 0. The smallest absolute Gasteiger partial charge is 0.312 e. The summed E-state index contributed by atoms with van der Waals surface area (Å²) in [5.41, 5.74) is 1.47. The van der Waals surface area contributed by atoms with E-state index in [0.717, 1.165) is 5.69 Å². The Morgan fingerprint density at radius 1 is 1.14 bits per heavy atom. The predicted octanol–water partition coefficient (Wildman–Crippen LogP) is 4.89. The Kier molecular flexibility index (Phi) is 6.85. The minimum atomic E-state index is -0.582. The molecule has 28 heavy (non-hydrogen) atoms. The number of carbonyl (C=O) groups excluding carboxylic acids is 2. The molecule has 6 nitrogen and oxygen atoms in total. The third-order valence-electron chi connectivity index (χ3n) is 3.40. The Bertz CT molecular complexity index is 989. The molecule has 3 aromatic rings. The van der Waals surface area contributed by atoms with E-state index in [1.807, 2.05) is 18.2 Å². The fourth-order valence-corrected chi connectivity index (χ4v) is 3.88. The summed E-state index contributed by atoms with van der Waals surface area (Å²) in [5, 5.41) is 5.65. The van der Waals surface area contributed by atoms with Gasteiger partial charge in [0.1, 0.15) is 5.01 Å². The van der Waals surface area contributed by atoms with E-state index >= 15 is 0 Å². The van der Waals surface area contributed by atoms with E-state index in [-0.39, 0.29) is 22.2 Å². The summed E-state index contributed by atoms with van der Waals surface area (Å²) < 4.78 is 4.98. The molecule has 1 aromatic carbocycles. The standard InChI is InChI=1S/C18H12Cl3N3O3S/c19-10-5-12(20)17(13(21)6-10)24-15(25)8-27-16(26)7-11-9-28-18(23-11)14-3-1-2-4-22-14/h1-6,9H,7-8H2,(H,24,25). The predicted molar refractivity (Wildman–Crippen MR) is 110 cm³/mol. The third kappa shape index (κ3) is 5.42. The van der Waals surface area contributed by atoms with Crippen molar-refractivity contribution in [3.63, 3.8) is 0 Å². The molecule has 0 saturated heterocycles. The van der Waals surface area contributed by atoms with Gasteiger partial charge in [-0.3, -0.25) is 14.6 Å². The summed E-state index contributed by atoms with van der Waals surface area (Å²) in [6.07, 6.45) is 1.61. The van der Waals surface area contributed by atoms with Gasteiger partial charge in [0.2, 0.25) is 0 Å². The highest BCUT2D eigenvalue weighted by Crippen LogP contribution is 2.33. The van der Waals surface area contributed by atoms with Gasteiger partial charge in [-0.15, -0.1) is 11.3 Å². The number of esters is 1. The minimum Gasteiger partial charge on any atom is -0.455 e. The number of nitrogens with zero attached hydrogens (tertiary/aromatic N) is 2. The van der Waals surface area contributed by atoms with E-state index in [1.54, 1.807) is 11.6 Å². The molecule has 1 N–H and O–H groups in total. The van der Waals surface area contributed by atoms with Gasteiger partial charge in [-0.05, 0) is 24.3 Å². The van der Waals surface area contributed by atoms with Gasteiger partial charge < -0.3 is 10.1 Å². The molecular weight excluding hydrogens is 445 g/mol. The number of hydrogen-bond acceptors (Lipinski definition) is 6. The zero-order valence-electron chi connectivity index (χ0n) is 14.1. The highest BCUT2D eigenvalue weighted by atomic mass is 35.5. The van der Waals surface area contributed by atoms with Gasteiger partial charge in [-0.2, -0.15) is 0 Å². The van der Waals surface area contributed by atoms with Crippen molar-refractivity contribution in [1.29, 1.82) is 0 Å². The molecule has 0 radical (unpaired) electrons. The SMILES string of the molecule is O=C(COC(=O)Cc1csc(-c2ccccn2)n1)Nc1c(Cl)cc(Cl)cc1Cl. The fraction of sp³-hybridized carbons (Fsp3) is 0.111. The van der Waals surface area contributed by atoms with Gasteiger partial charge in [0.05, 0.1) is 33.5 Å². The molecule has 0 saturated carbocycles. The molecule has 3 rings (SSSR count). The molecule has 0 unspecified atom stereocenters. The quantitative estimate of drug-likeness (QED) is 0.534. The minimum absolute atomic E-state index is 0.0565. The van der Waals surface area contributed by atoms with Crippen molar-refractivity contribution in [1.82, 2.24) is 9.97 Å². The summed E-state index contributed by atoms with van der Waals surface area (Å²) in [6.45, 7) is -0.481. The maximum absolute atomic E-state index is 12.0. The maximum Gasteiger partial charge on any atom is 0.312 e. The van der Waals surface area contributed by atoms with E-state index in [4.69, 9.17) is 39.5 Å². The summed E-state index contributed by atoms with van der Waals surface area (Å²) in [6, 6.07) is 8.38. The molecule has 1 amide bonds. The average molecular weight is 457 g/mol. The number of ether oxygens (including phenoxy) is 1. The van der Waals surface area contributed by atoms with Crippen LogP contribution in [0.3, 0.4) is 0 Å². The number of hydrogen-bond donors (Lipinski definition) is 1. The van der Waals surface area contributed by atoms with Crippen LogP contribution >= 0.6 is 46.1 Å². The summed E-state index contributed by atoms with van der Waals surface area (Å²) >= 11 is 19.2. The van der Waals surface area contributed by atoms with E-state index in [0.29, 0.717) is 15.7 Å². The van der Waals surface area contributed by atoms with Crippen molar-refractivity contribution in [2.75, 3.05) is 11.9 Å². The van der Waals surface area contributed by atoms with Crippen LogP contribution in [0.15, 0.2) is 41.9 Å². The van der Waals surface area contributed by atoms with E-state index in [1.165, 1.54) is 23.5 Å². The molecule has 0 aliphatic carbocycles. The maximum atomic E-state index is 12.0. The third-order valence-corrected chi connectivity index (χ3v) is 5.12. The lowest BCUT2D eigenvalue weighted by Gasteiger charge is -2.10. The number of pyridine rings is 1. The first-order chi connectivity index (χ1) is 13.4. The zero-order valence-corrected chi connectivity index (χ0v) is 17.2. The number of benzene rings is 1. The highest BCUT2D eigenvalue weighted by molar-refractivity contribution is 7.13. The first kappa shape index (κ1) is 20.5. The monoisotopic (exact) mass is 455 g/mol. The lowest BCUT2D eigenvalue weighted by atomic mass is 10.3. The Morgan fingerprint density at radius 3 is 2.57 bits per heavy atom. The van der Waals surface area contributed by atoms with Crippen molar-refractivity contribution < 1.29 is 14.3 Å². The molecule has 144 valence electrons. The zero-order chi connectivity index (χ0) is 20.1. The topological polar surface area (TPSA) is 81.2 Å². The van der Waals surface area contributed by atoms with Crippen LogP contribution in [0.5, 0.6) is 0 Å². The van der Waals surface area contributed by atoms with Crippen molar-refractivity contribution in [3.8, 4) is 10.7 Å². The van der Waals surface area contributed by atoms with Gasteiger partial charge in [0.15, 0.2) is 6.61 Å². The Balaban J connectivity index is 1.52. The number of halogens is 3. The molecule has 0 spiro atoms. The first-order valence-corrected chi connectivity index (χ1v) is 9.89. The van der Waals surface area contributed by atoms with Crippen LogP contribution in [0, 0.1) is 0 Å². The van der Waals surface area contributed by atoms with Crippen molar-refractivity contribution in [2.45, 2.75) is 6.42 Å². The Labute approximate surface area is 179 Å². The van der Waals surface area contributed by atoms with E-state index < -0.39 is 18.5 Å². The molecule has 0 bridgehead atoms. The van der Waals surface area contributed by atoms with Gasteiger partial charge in [0.25, 0.3) is 5.91 Å². The lowest BCUT2D eigenvalue weighted by molar-refractivity contribution is -0.146. The van der Waals surface area contributed by atoms with Crippen molar-refractivity contribution in [2.24, 2.45) is 0 Å². The molecular formula is C18H12Cl3N3O3S.